The summed E-state index contributed by atoms with van der Waals surface area (Å²) < 4.78 is 0. The molecule has 7 heteroatoms. The molecule has 1 aliphatic heterocycles. The lowest BCUT2D eigenvalue weighted by Crippen LogP contribution is -2.36. The predicted octanol–water partition coefficient (Wildman–Crippen LogP) is 1.66. The Morgan fingerprint density at radius 1 is 1.25 bits per heavy atom. The number of hydrogen-bond acceptors (Lipinski definition) is 6. The maximum absolute atomic E-state index is 12.1. The van der Waals surface area contributed by atoms with Crippen molar-refractivity contribution in [3.05, 3.63) is 41.7 Å². The molecule has 2 aromatic heterocycles. The normalized spacial score (nSPS) is 17.6. The predicted molar refractivity (Wildman–Crippen MR) is 91.0 cm³/mol. The average Bonchev–Trinajstić information content (AvgIpc) is 2.62. The van der Waals surface area contributed by atoms with Crippen LogP contribution in [0, 0.1) is 6.92 Å². The number of nitrogens with zero attached hydrogens (tertiary/aromatic N) is 6. The van der Waals surface area contributed by atoms with Crippen molar-refractivity contribution in [2.45, 2.75) is 25.7 Å². The van der Waals surface area contributed by atoms with Gasteiger partial charge in [-0.05, 0) is 25.8 Å². The zero-order valence-electron chi connectivity index (χ0n) is 14.3. The van der Waals surface area contributed by atoms with E-state index in [4.69, 9.17) is 0 Å². The number of carbonyl (C=O) groups is 1. The lowest BCUT2D eigenvalue weighted by Gasteiger charge is -2.32. The van der Waals surface area contributed by atoms with Gasteiger partial charge in [0, 0.05) is 51.7 Å². The van der Waals surface area contributed by atoms with E-state index in [1.165, 1.54) is 0 Å². The van der Waals surface area contributed by atoms with Crippen LogP contribution in [0.1, 0.15) is 40.6 Å². The maximum Gasteiger partial charge on any atom is 0.256 e. The second-order valence-corrected chi connectivity index (χ2v) is 6.26. The Labute approximate surface area is 141 Å². The fourth-order valence-corrected chi connectivity index (χ4v) is 2.96. The number of carbonyl (C=O) groups excluding carboxylic acids is 1. The van der Waals surface area contributed by atoms with Crippen molar-refractivity contribution in [2.24, 2.45) is 0 Å². The van der Waals surface area contributed by atoms with Crippen molar-refractivity contribution in [3.8, 4) is 0 Å². The number of rotatable bonds is 3. The Morgan fingerprint density at radius 2 is 2.00 bits per heavy atom. The molecule has 0 N–H and O–H groups in total. The Bertz CT molecular complexity index is 718. The van der Waals surface area contributed by atoms with Gasteiger partial charge >= 0.3 is 0 Å². The van der Waals surface area contributed by atoms with E-state index in [-0.39, 0.29) is 11.8 Å². The Hall–Kier alpha value is -2.57. The van der Waals surface area contributed by atoms with Gasteiger partial charge in [0.1, 0.15) is 5.82 Å². The summed E-state index contributed by atoms with van der Waals surface area (Å²) in [7, 11) is 3.46. The molecule has 1 unspecified atom stereocenters. The zero-order chi connectivity index (χ0) is 17.1. The molecule has 0 aromatic carbocycles. The standard InChI is InChI=1S/C17H22N6O/c1-12-14(16(24)22(2)3)10-20-15(21-12)13-6-4-9-23(11-13)17-18-7-5-8-19-17/h5,7-8,10,13H,4,6,9,11H2,1-3H3. The highest BCUT2D eigenvalue weighted by atomic mass is 16.2. The van der Waals surface area contributed by atoms with E-state index in [1.54, 1.807) is 37.6 Å². The van der Waals surface area contributed by atoms with Crippen LogP contribution in [0.15, 0.2) is 24.7 Å². The number of piperidine rings is 1. The van der Waals surface area contributed by atoms with Crippen LogP contribution >= 0.6 is 0 Å². The number of aryl methyl sites for hydroxylation is 1. The van der Waals surface area contributed by atoms with Crippen molar-refractivity contribution < 1.29 is 4.79 Å². The van der Waals surface area contributed by atoms with Crippen molar-refractivity contribution in [1.29, 1.82) is 0 Å². The highest BCUT2D eigenvalue weighted by Crippen LogP contribution is 2.26. The van der Waals surface area contributed by atoms with Gasteiger partial charge in [-0.1, -0.05) is 0 Å². The highest BCUT2D eigenvalue weighted by molar-refractivity contribution is 5.94. The van der Waals surface area contributed by atoms with Crippen LogP contribution in [-0.4, -0.2) is 57.9 Å². The molecule has 0 radical (unpaired) electrons. The minimum Gasteiger partial charge on any atom is -0.345 e. The molecule has 2 aromatic rings. The summed E-state index contributed by atoms with van der Waals surface area (Å²) in [5.74, 6) is 1.70. The van der Waals surface area contributed by atoms with Crippen LogP contribution in [0.25, 0.3) is 0 Å². The molecule has 7 nitrogen and oxygen atoms in total. The maximum atomic E-state index is 12.1. The fourth-order valence-electron chi connectivity index (χ4n) is 2.96. The van der Waals surface area contributed by atoms with Gasteiger partial charge in [0.15, 0.2) is 0 Å². The van der Waals surface area contributed by atoms with Crippen LogP contribution in [0.2, 0.25) is 0 Å². The summed E-state index contributed by atoms with van der Waals surface area (Å²) in [6.45, 7) is 3.60. The van der Waals surface area contributed by atoms with E-state index in [0.29, 0.717) is 5.56 Å². The van der Waals surface area contributed by atoms with Gasteiger partial charge in [-0.25, -0.2) is 19.9 Å². The molecule has 24 heavy (non-hydrogen) atoms. The molecule has 3 heterocycles. The Morgan fingerprint density at radius 3 is 2.67 bits per heavy atom. The first-order chi connectivity index (χ1) is 11.6. The summed E-state index contributed by atoms with van der Waals surface area (Å²) in [6, 6.07) is 1.82. The van der Waals surface area contributed by atoms with Crippen LogP contribution < -0.4 is 4.90 Å². The monoisotopic (exact) mass is 326 g/mol. The molecule has 1 amide bonds. The fraction of sp³-hybridized carbons (Fsp3) is 0.471. The SMILES string of the molecule is Cc1nc(C2CCCN(c3ncccn3)C2)ncc1C(=O)N(C)C. The largest absolute Gasteiger partial charge is 0.345 e. The molecule has 3 rings (SSSR count). The third-order valence-electron chi connectivity index (χ3n) is 4.26. The first kappa shape index (κ1) is 16.3. The summed E-state index contributed by atoms with van der Waals surface area (Å²) >= 11 is 0. The molecule has 0 spiro atoms. The molecule has 0 bridgehead atoms. The quantitative estimate of drug-likeness (QED) is 0.854. The van der Waals surface area contributed by atoms with E-state index in [2.05, 4.69) is 24.8 Å². The van der Waals surface area contributed by atoms with E-state index in [1.807, 2.05) is 13.0 Å². The van der Waals surface area contributed by atoms with Crippen LogP contribution in [0.4, 0.5) is 5.95 Å². The van der Waals surface area contributed by atoms with Gasteiger partial charge in [-0.3, -0.25) is 4.79 Å². The second-order valence-electron chi connectivity index (χ2n) is 6.26. The number of aromatic nitrogens is 4. The van der Waals surface area contributed by atoms with Crippen molar-refractivity contribution in [1.82, 2.24) is 24.8 Å². The number of anilines is 1. The lowest BCUT2D eigenvalue weighted by molar-refractivity contribution is 0.0826. The van der Waals surface area contributed by atoms with E-state index in [9.17, 15) is 4.79 Å². The molecule has 0 saturated carbocycles. The zero-order valence-corrected chi connectivity index (χ0v) is 14.3. The topological polar surface area (TPSA) is 75.1 Å². The van der Waals surface area contributed by atoms with Gasteiger partial charge in [-0.2, -0.15) is 0 Å². The summed E-state index contributed by atoms with van der Waals surface area (Å²) in [5.41, 5.74) is 1.29. The summed E-state index contributed by atoms with van der Waals surface area (Å²) in [4.78, 5) is 33.6. The Kier molecular flexibility index (Phi) is 4.69. The second kappa shape index (κ2) is 6.90. The summed E-state index contributed by atoms with van der Waals surface area (Å²) in [6.07, 6.45) is 7.24. The van der Waals surface area contributed by atoms with Gasteiger partial charge < -0.3 is 9.80 Å². The molecule has 126 valence electrons. The lowest BCUT2D eigenvalue weighted by atomic mass is 9.97. The molecule has 1 atom stereocenters. The van der Waals surface area contributed by atoms with Crippen LogP contribution in [0.5, 0.6) is 0 Å². The third kappa shape index (κ3) is 3.34. The minimum atomic E-state index is -0.0676. The van der Waals surface area contributed by atoms with Gasteiger partial charge in [-0.15, -0.1) is 0 Å². The average molecular weight is 326 g/mol. The van der Waals surface area contributed by atoms with Gasteiger partial charge in [0.2, 0.25) is 5.95 Å². The smallest absolute Gasteiger partial charge is 0.256 e. The number of hydrogen-bond donors (Lipinski definition) is 0. The van der Waals surface area contributed by atoms with Crippen LogP contribution in [-0.2, 0) is 0 Å². The van der Waals surface area contributed by atoms with Crippen molar-refractivity contribution >= 4 is 11.9 Å². The van der Waals surface area contributed by atoms with Crippen LogP contribution in [0.3, 0.4) is 0 Å². The van der Waals surface area contributed by atoms with Gasteiger partial charge in [0.05, 0.1) is 11.3 Å². The molecule has 0 aliphatic carbocycles. The molecule has 1 fully saturated rings. The van der Waals surface area contributed by atoms with E-state index in [0.717, 1.165) is 43.4 Å². The van der Waals surface area contributed by atoms with Crippen molar-refractivity contribution in [2.75, 3.05) is 32.1 Å². The Balaban J connectivity index is 1.79. The van der Waals surface area contributed by atoms with E-state index < -0.39 is 0 Å². The first-order valence-electron chi connectivity index (χ1n) is 8.13. The molecular weight excluding hydrogens is 304 g/mol. The van der Waals surface area contributed by atoms with Gasteiger partial charge in [0.25, 0.3) is 5.91 Å². The highest BCUT2D eigenvalue weighted by Gasteiger charge is 2.26. The third-order valence-corrected chi connectivity index (χ3v) is 4.26. The molecule has 1 aliphatic rings. The first-order valence-corrected chi connectivity index (χ1v) is 8.13. The van der Waals surface area contributed by atoms with E-state index >= 15 is 0 Å². The molecular formula is C17H22N6O. The minimum absolute atomic E-state index is 0.0676. The van der Waals surface area contributed by atoms with Crippen molar-refractivity contribution in [3.63, 3.8) is 0 Å². The number of amides is 1. The molecule has 1 saturated heterocycles. The summed E-state index contributed by atoms with van der Waals surface area (Å²) in [5, 5.41) is 0.